The van der Waals surface area contributed by atoms with Crippen LogP contribution >= 0.6 is 0 Å². The number of carbonyl (C=O) groups is 1. The van der Waals surface area contributed by atoms with Crippen molar-refractivity contribution in [1.82, 2.24) is 19.9 Å². The number of amides is 1. The van der Waals surface area contributed by atoms with Crippen LogP contribution in [0.1, 0.15) is 24.6 Å². The maximum atomic E-state index is 12.2. The van der Waals surface area contributed by atoms with Crippen molar-refractivity contribution in [2.75, 3.05) is 27.7 Å². The van der Waals surface area contributed by atoms with E-state index < -0.39 is 0 Å². The summed E-state index contributed by atoms with van der Waals surface area (Å²) in [6.07, 6.45) is 1.85. The molecular weight excluding hydrogens is 336 g/mol. The smallest absolute Gasteiger partial charge is 0.240 e. The molecule has 140 valence electrons. The highest BCUT2D eigenvalue weighted by Gasteiger charge is 2.32. The first kappa shape index (κ1) is 18.2. The van der Waals surface area contributed by atoms with Crippen LogP contribution < -0.4 is 9.47 Å². The van der Waals surface area contributed by atoms with Crippen LogP contribution in [0.25, 0.3) is 0 Å². The minimum absolute atomic E-state index is 0.115. The molecule has 1 saturated heterocycles. The Morgan fingerprint density at radius 3 is 2.73 bits per heavy atom. The summed E-state index contributed by atoms with van der Waals surface area (Å²) >= 11 is 0. The van der Waals surface area contributed by atoms with Crippen molar-refractivity contribution < 1.29 is 18.8 Å². The summed E-state index contributed by atoms with van der Waals surface area (Å²) in [5.41, 5.74) is 0. The zero-order valence-electron chi connectivity index (χ0n) is 15.3. The lowest BCUT2D eigenvalue weighted by atomic mass is 10.2. The third-order valence-electron chi connectivity index (χ3n) is 4.37. The normalized spacial score (nSPS) is 17.3. The summed E-state index contributed by atoms with van der Waals surface area (Å²) in [6.45, 7) is 1.54. The minimum Gasteiger partial charge on any atom is -0.497 e. The summed E-state index contributed by atoms with van der Waals surface area (Å²) in [6, 6.07) is 7.18. The van der Waals surface area contributed by atoms with Gasteiger partial charge in [0.2, 0.25) is 17.6 Å². The van der Waals surface area contributed by atoms with Gasteiger partial charge < -0.3 is 18.9 Å². The van der Waals surface area contributed by atoms with E-state index in [9.17, 15) is 4.79 Å². The summed E-state index contributed by atoms with van der Waals surface area (Å²) in [5, 5.41) is 3.95. The highest BCUT2D eigenvalue weighted by Crippen LogP contribution is 2.21. The minimum atomic E-state index is -0.115. The van der Waals surface area contributed by atoms with E-state index in [2.05, 4.69) is 15.0 Å². The molecule has 1 aromatic heterocycles. The van der Waals surface area contributed by atoms with Crippen LogP contribution in [0.4, 0.5) is 0 Å². The number of likely N-dealkylation sites (N-methyl/N-ethyl adjacent to an activating group) is 1. The van der Waals surface area contributed by atoms with E-state index in [0.717, 1.165) is 25.1 Å². The zero-order valence-corrected chi connectivity index (χ0v) is 15.3. The van der Waals surface area contributed by atoms with E-state index in [1.54, 1.807) is 26.1 Å². The van der Waals surface area contributed by atoms with Gasteiger partial charge in [-0.3, -0.25) is 9.69 Å². The fourth-order valence-corrected chi connectivity index (χ4v) is 3.00. The van der Waals surface area contributed by atoms with E-state index in [1.165, 1.54) is 0 Å². The van der Waals surface area contributed by atoms with Crippen molar-refractivity contribution in [2.24, 2.45) is 0 Å². The third kappa shape index (κ3) is 4.32. The molecule has 2 heterocycles. The van der Waals surface area contributed by atoms with E-state index in [0.29, 0.717) is 24.0 Å². The standard InChI is InChI=1S/C18H24N4O4/c1-21(2)18(23)15-5-4-10-22(15)11-17-19-16(20-26-17)12-25-14-8-6-13(24-3)7-9-14/h6-9,15H,4-5,10-12H2,1-3H3/t15-/m0/s1. The Bertz CT molecular complexity index is 729. The summed E-state index contributed by atoms with van der Waals surface area (Å²) in [4.78, 5) is 20.3. The van der Waals surface area contributed by atoms with E-state index >= 15 is 0 Å². The predicted molar refractivity (Wildman–Crippen MR) is 93.8 cm³/mol. The first-order valence-corrected chi connectivity index (χ1v) is 8.60. The molecule has 8 nitrogen and oxygen atoms in total. The molecule has 0 aliphatic carbocycles. The molecule has 0 radical (unpaired) electrons. The Morgan fingerprint density at radius 2 is 2.04 bits per heavy atom. The first-order chi connectivity index (χ1) is 12.6. The van der Waals surface area contributed by atoms with Gasteiger partial charge in [0.1, 0.15) is 11.5 Å². The molecule has 1 aromatic carbocycles. The molecule has 2 aromatic rings. The average molecular weight is 360 g/mol. The van der Waals surface area contributed by atoms with Gasteiger partial charge in [0.15, 0.2) is 6.61 Å². The fourth-order valence-electron chi connectivity index (χ4n) is 3.00. The Hall–Kier alpha value is -2.61. The van der Waals surface area contributed by atoms with Gasteiger partial charge in [-0.2, -0.15) is 4.98 Å². The van der Waals surface area contributed by atoms with Gasteiger partial charge in [0, 0.05) is 14.1 Å². The van der Waals surface area contributed by atoms with Crippen molar-refractivity contribution >= 4 is 5.91 Å². The summed E-state index contributed by atoms with van der Waals surface area (Å²) in [7, 11) is 5.17. The Kier molecular flexibility index (Phi) is 5.72. The Labute approximate surface area is 152 Å². The van der Waals surface area contributed by atoms with Gasteiger partial charge in [0.05, 0.1) is 19.7 Å². The highest BCUT2D eigenvalue weighted by molar-refractivity contribution is 5.81. The second kappa shape index (κ2) is 8.18. The highest BCUT2D eigenvalue weighted by atomic mass is 16.5. The van der Waals surface area contributed by atoms with Crippen molar-refractivity contribution in [3.63, 3.8) is 0 Å². The van der Waals surface area contributed by atoms with Crippen LogP contribution in [0.15, 0.2) is 28.8 Å². The molecule has 1 atom stereocenters. The van der Waals surface area contributed by atoms with Gasteiger partial charge >= 0.3 is 0 Å². The van der Waals surface area contributed by atoms with Gasteiger partial charge in [-0.15, -0.1) is 0 Å². The maximum absolute atomic E-state index is 12.2. The van der Waals surface area contributed by atoms with Gasteiger partial charge in [-0.05, 0) is 43.7 Å². The van der Waals surface area contributed by atoms with Crippen molar-refractivity contribution in [2.45, 2.75) is 32.0 Å². The van der Waals surface area contributed by atoms with Crippen molar-refractivity contribution in [3.05, 3.63) is 36.0 Å². The van der Waals surface area contributed by atoms with Crippen LogP contribution in [0.5, 0.6) is 11.5 Å². The SMILES string of the molecule is COc1ccc(OCc2noc(CN3CCC[C@H]3C(=O)N(C)C)n2)cc1. The third-order valence-corrected chi connectivity index (χ3v) is 4.37. The van der Waals surface area contributed by atoms with Crippen LogP contribution in [-0.2, 0) is 17.9 Å². The van der Waals surface area contributed by atoms with Gasteiger partial charge in [-0.25, -0.2) is 0 Å². The zero-order chi connectivity index (χ0) is 18.5. The molecule has 8 heteroatoms. The molecule has 0 saturated carbocycles. The lowest BCUT2D eigenvalue weighted by Gasteiger charge is -2.24. The monoisotopic (exact) mass is 360 g/mol. The van der Waals surface area contributed by atoms with E-state index in [4.69, 9.17) is 14.0 Å². The molecule has 1 aliphatic heterocycles. The molecule has 26 heavy (non-hydrogen) atoms. The molecule has 1 aliphatic rings. The largest absolute Gasteiger partial charge is 0.497 e. The average Bonchev–Trinajstić information content (AvgIpc) is 3.29. The molecule has 0 spiro atoms. The molecule has 1 fully saturated rings. The second-order valence-corrected chi connectivity index (χ2v) is 6.43. The quantitative estimate of drug-likeness (QED) is 0.743. The predicted octanol–water partition coefficient (Wildman–Crippen LogP) is 1.71. The van der Waals surface area contributed by atoms with Crippen molar-refractivity contribution in [3.8, 4) is 11.5 Å². The number of hydrogen-bond acceptors (Lipinski definition) is 7. The lowest BCUT2D eigenvalue weighted by Crippen LogP contribution is -2.42. The number of likely N-dealkylation sites (tertiary alicyclic amines) is 1. The second-order valence-electron chi connectivity index (χ2n) is 6.43. The number of benzene rings is 1. The molecule has 0 bridgehead atoms. The van der Waals surface area contributed by atoms with Gasteiger partial charge in [0.25, 0.3) is 0 Å². The number of methoxy groups -OCH3 is 1. The van der Waals surface area contributed by atoms with Crippen LogP contribution in [0.3, 0.4) is 0 Å². The number of rotatable bonds is 7. The summed E-state index contributed by atoms with van der Waals surface area (Å²) in [5.74, 6) is 2.56. The molecule has 1 amide bonds. The number of hydrogen-bond donors (Lipinski definition) is 0. The Balaban J connectivity index is 1.55. The van der Waals surface area contributed by atoms with Crippen LogP contribution in [0.2, 0.25) is 0 Å². The van der Waals surface area contributed by atoms with E-state index in [-0.39, 0.29) is 18.6 Å². The van der Waals surface area contributed by atoms with Crippen LogP contribution in [0, 0.1) is 0 Å². The van der Waals surface area contributed by atoms with Crippen LogP contribution in [-0.4, -0.2) is 59.6 Å². The lowest BCUT2D eigenvalue weighted by molar-refractivity contribution is -0.133. The summed E-state index contributed by atoms with van der Waals surface area (Å²) < 4.78 is 16.1. The maximum Gasteiger partial charge on any atom is 0.240 e. The number of aromatic nitrogens is 2. The van der Waals surface area contributed by atoms with E-state index in [1.807, 2.05) is 24.3 Å². The van der Waals surface area contributed by atoms with Crippen molar-refractivity contribution in [1.29, 1.82) is 0 Å². The molecule has 0 N–H and O–H groups in total. The fraction of sp³-hybridized carbons (Fsp3) is 0.500. The number of carbonyl (C=O) groups excluding carboxylic acids is 1. The Morgan fingerprint density at radius 1 is 1.31 bits per heavy atom. The van der Waals surface area contributed by atoms with Gasteiger partial charge in [-0.1, -0.05) is 5.16 Å². The number of nitrogens with zero attached hydrogens (tertiary/aromatic N) is 4. The molecule has 3 rings (SSSR count). The molecular formula is C18H24N4O4. The first-order valence-electron chi connectivity index (χ1n) is 8.60. The number of ether oxygens (including phenoxy) is 2. The topological polar surface area (TPSA) is 80.9 Å². The molecule has 0 unspecified atom stereocenters.